The Morgan fingerprint density at radius 3 is 2.42 bits per heavy atom. The third-order valence-electron chi connectivity index (χ3n) is 4.12. The standard InChI is InChI=1S/C16H17F3O5/c1-2-15(7-3-4-8-15)24-13(20)10-5-6-12(11(17)9-10)23-16(18,19)14(21)22/h5-6,9H,2-4,7-8H2,1H3,(H,21,22). The summed E-state index contributed by atoms with van der Waals surface area (Å²) >= 11 is 0. The fourth-order valence-corrected chi connectivity index (χ4v) is 2.70. The number of aliphatic carboxylic acids is 1. The van der Waals surface area contributed by atoms with E-state index >= 15 is 0 Å². The number of carbonyl (C=O) groups is 2. The molecule has 0 heterocycles. The molecule has 1 aromatic carbocycles. The Kier molecular flexibility index (Phi) is 5.05. The van der Waals surface area contributed by atoms with Crippen molar-refractivity contribution in [3.8, 4) is 5.75 Å². The van der Waals surface area contributed by atoms with Crippen LogP contribution in [0.2, 0.25) is 0 Å². The second kappa shape index (κ2) is 6.70. The first-order valence-electron chi connectivity index (χ1n) is 7.52. The number of hydrogen-bond donors (Lipinski definition) is 1. The second-order valence-electron chi connectivity index (χ2n) is 5.70. The molecule has 0 amide bonds. The number of rotatable bonds is 6. The smallest absolute Gasteiger partial charge is 0.474 e. The molecule has 1 saturated carbocycles. The van der Waals surface area contributed by atoms with Crippen LogP contribution < -0.4 is 4.74 Å². The van der Waals surface area contributed by atoms with Crippen molar-refractivity contribution >= 4 is 11.9 Å². The molecule has 1 aromatic rings. The van der Waals surface area contributed by atoms with Crippen LogP contribution in [0.15, 0.2) is 18.2 Å². The first-order valence-corrected chi connectivity index (χ1v) is 7.52. The molecule has 0 aliphatic heterocycles. The highest BCUT2D eigenvalue weighted by Gasteiger charge is 2.43. The lowest BCUT2D eigenvalue weighted by atomic mass is 9.98. The molecule has 0 radical (unpaired) electrons. The molecule has 0 bridgehead atoms. The maximum absolute atomic E-state index is 13.8. The number of carboxylic acids is 1. The normalized spacial score (nSPS) is 16.7. The first-order chi connectivity index (χ1) is 11.2. The van der Waals surface area contributed by atoms with E-state index in [0.29, 0.717) is 12.5 Å². The largest absolute Gasteiger partial charge is 0.502 e. The summed E-state index contributed by atoms with van der Waals surface area (Å²) in [6.07, 6.45) is -0.612. The zero-order chi connectivity index (χ0) is 18.0. The highest BCUT2D eigenvalue weighted by atomic mass is 19.3. The van der Waals surface area contributed by atoms with Gasteiger partial charge < -0.3 is 14.6 Å². The summed E-state index contributed by atoms with van der Waals surface area (Å²) in [6, 6.07) is 2.51. The van der Waals surface area contributed by atoms with Crippen LogP contribution >= 0.6 is 0 Å². The van der Waals surface area contributed by atoms with Crippen molar-refractivity contribution < 1.29 is 37.3 Å². The zero-order valence-corrected chi connectivity index (χ0v) is 13.0. The number of carboxylic acid groups (broad SMARTS) is 1. The van der Waals surface area contributed by atoms with Gasteiger partial charge in [0.25, 0.3) is 0 Å². The van der Waals surface area contributed by atoms with Gasteiger partial charge in [0.15, 0.2) is 11.6 Å². The Labute approximate surface area is 136 Å². The van der Waals surface area contributed by atoms with Crippen LogP contribution in [0.25, 0.3) is 0 Å². The average Bonchev–Trinajstić information content (AvgIpc) is 2.98. The quantitative estimate of drug-likeness (QED) is 0.794. The molecule has 24 heavy (non-hydrogen) atoms. The van der Waals surface area contributed by atoms with Crippen molar-refractivity contribution in [2.75, 3.05) is 0 Å². The van der Waals surface area contributed by atoms with Crippen LogP contribution in [-0.2, 0) is 9.53 Å². The molecule has 2 rings (SSSR count). The number of halogens is 3. The van der Waals surface area contributed by atoms with Gasteiger partial charge in [0.1, 0.15) is 5.60 Å². The molecule has 1 aliphatic carbocycles. The van der Waals surface area contributed by atoms with Crippen molar-refractivity contribution in [2.45, 2.75) is 50.7 Å². The van der Waals surface area contributed by atoms with E-state index in [1.165, 1.54) is 0 Å². The maximum atomic E-state index is 13.8. The fraction of sp³-hybridized carbons (Fsp3) is 0.500. The van der Waals surface area contributed by atoms with E-state index in [0.717, 1.165) is 37.8 Å². The summed E-state index contributed by atoms with van der Waals surface area (Å²) in [4.78, 5) is 22.5. The van der Waals surface area contributed by atoms with Crippen LogP contribution in [-0.4, -0.2) is 28.8 Å². The third-order valence-corrected chi connectivity index (χ3v) is 4.12. The molecule has 1 fully saturated rings. The maximum Gasteiger partial charge on any atom is 0.502 e. The zero-order valence-electron chi connectivity index (χ0n) is 13.0. The Morgan fingerprint density at radius 2 is 1.92 bits per heavy atom. The SMILES string of the molecule is CCC1(OC(=O)c2ccc(OC(F)(F)C(=O)O)c(F)c2)CCCC1. The minimum atomic E-state index is -4.57. The predicted octanol–water partition coefficient (Wildman–Crippen LogP) is 3.76. The summed E-state index contributed by atoms with van der Waals surface area (Å²) < 4.78 is 49.1. The Balaban J connectivity index is 2.14. The molecule has 132 valence electrons. The minimum absolute atomic E-state index is 0.154. The van der Waals surface area contributed by atoms with Gasteiger partial charge in [-0.25, -0.2) is 14.0 Å². The van der Waals surface area contributed by atoms with Gasteiger partial charge in [0.05, 0.1) is 5.56 Å². The molecule has 0 aromatic heterocycles. The van der Waals surface area contributed by atoms with Gasteiger partial charge in [-0.05, 0) is 50.3 Å². The first kappa shape index (κ1) is 18.1. The number of alkyl halides is 2. The molecule has 1 aliphatic rings. The summed E-state index contributed by atoms with van der Waals surface area (Å²) in [5, 5.41) is 8.28. The van der Waals surface area contributed by atoms with E-state index in [9.17, 15) is 22.8 Å². The Morgan fingerprint density at radius 1 is 1.29 bits per heavy atom. The van der Waals surface area contributed by atoms with Gasteiger partial charge in [0, 0.05) is 0 Å². The molecule has 0 atom stereocenters. The highest BCUT2D eigenvalue weighted by molar-refractivity contribution is 5.90. The van der Waals surface area contributed by atoms with Crippen LogP contribution in [0.5, 0.6) is 5.75 Å². The van der Waals surface area contributed by atoms with E-state index in [-0.39, 0.29) is 5.56 Å². The van der Waals surface area contributed by atoms with Crippen LogP contribution in [0.1, 0.15) is 49.4 Å². The lowest BCUT2D eigenvalue weighted by Gasteiger charge is -2.27. The second-order valence-corrected chi connectivity index (χ2v) is 5.70. The van der Waals surface area contributed by atoms with E-state index in [4.69, 9.17) is 9.84 Å². The molecule has 0 spiro atoms. The lowest BCUT2D eigenvalue weighted by Crippen LogP contribution is -2.35. The van der Waals surface area contributed by atoms with Crippen LogP contribution in [0.3, 0.4) is 0 Å². The van der Waals surface area contributed by atoms with Crippen LogP contribution in [0.4, 0.5) is 13.2 Å². The van der Waals surface area contributed by atoms with Gasteiger partial charge in [0.2, 0.25) is 0 Å². The van der Waals surface area contributed by atoms with E-state index in [1.807, 2.05) is 6.92 Å². The van der Waals surface area contributed by atoms with E-state index in [1.54, 1.807) is 0 Å². The monoisotopic (exact) mass is 346 g/mol. The topological polar surface area (TPSA) is 72.8 Å². The minimum Gasteiger partial charge on any atom is -0.474 e. The predicted molar refractivity (Wildman–Crippen MR) is 76.5 cm³/mol. The molecule has 8 heteroatoms. The van der Waals surface area contributed by atoms with Crippen molar-refractivity contribution in [3.05, 3.63) is 29.6 Å². The third kappa shape index (κ3) is 3.80. The number of carbonyl (C=O) groups excluding carboxylic acids is 1. The summed E-state index contributed by atoms with van der Waals surface area (Å²) in [5.74, 6) is -5.54. The van der Waals surface area contributed by atoms with Gasteiger partial charge in [-0.3, -0.25) is 0 Å². The molecular weight excluding hydrogens is 329 g/mol. The number of benzene rings is 1. The van der Waals surface area contributed by atoms with Crippen LogP contribution in [0, 0.1) is 5.82 Å². The van der Waals surface area contributed by atoms with E-state index in [2.05, 4.69) is 4.74 Å². The molecule has 0 saturated heterocycles. The van der Waals surface area contributed by atoms with Gasteiger partial charge >= 0.3 is 18.0 Å². The van der Waals surface area contributed by atoms with Gasteiger partial charge in [-0.2, -0.15) is 8.78 Å². The number of hydrogen-bond acceptors (Lipinski definition) is 4. The van der Waals surface area contributed by atoms with Crippen molar-refractivity contribution in [3.63, 3.8) is 0 Å². The Hall–Kier alpha value is -2.25. The summed E-state index contributed by atoms with van der Waals surface area (Å²) in [7, 11) is 0. The fourth-order valence-electron chi connectivity index (χ4n) is 2.70. The number of ether oxygens (including phenoxy) is 2. The molecule has 1 N–H and O–H groups in total. The molecular formula is C16H17F3O5. The summed E-state index contributed by atoms with van der Waals surface area (Å²) in [5.41, 5.74) is -0.725. The van der Waals surface area contributed by atoms with Crippen molar-refractivity contribution in [2.24, 2.45) is 0 Å². The lowest BCUT2D eigenvalue weighted by molar-refractivity contribution is -0.211. The highest BCUT2D eigenvalue weighted by Crippen LogP contribution is 2.37. The van der Waals surface area contributed by atoms with E-state index < -0.39 is 35.2 Å². The van der Waals surface area contributed by atoms with Gasteiger partial charge in [-0.15, -0.1) is 0 Å². The molecule has 5 nitrogen and oxygen atoms in total. The molecule has 0 unspecified atom stereocenters. The summed E-state index contributed by atoms with van der Waals surface area (Å²) in [6.45, 7) is 1.89. The van der Waals surface area contributed by atoms with Crippen molar-refractivity contribution in [1.82, 2.24) is 0 Å². The number of esters is 1. The average molecular weight is 346 g/mol. The van der Waals surface area contributed by atoms with Gasteiger partial charge in [-0.1, -0.05) is 6.92 Å². The Bertz CT molecular complexity index is 639. The van der Waals surface area contributed by atoms with Crippen molar-refractivity contribution in [1.29, 1.82) is 0 Å².